The summed E-state index contributed by atoms with van der Waals surface area (Å²) < 4.78 is 7.71. The van der Waals surface area contributed by atoms with Crippen molar-refractivity contribution >= 4 is 11.0 Å². The minimum atomic E-state index is 0.101. The lowest BCUT2D eigenvalue weighted by Crippen LogP contribution is -2.28. The predicted octanol–water partition coefficient (Wildman–Crippen LogP) is 2.74. The van der Waals surface area contributed by atoms with Crippen LogP contribution < -0.4 is 5.56 Å². The zero-order valence-electron chi connectivity index (χ0n) is 15.0. The van der Waals surface area contributed by atoms with E-state index in [-0.39, 0.29) is 5.56 Å². The topological polar surface area (TPSA) is 51.3 Å². The Morgan fingerprint density at radius 3 is 2.72 bits per heavy atom. The largest absolute Gasteiger partial charge is 0.459 e. The lowest BCUT2D eigenvalue weighted by atomic mass is 10.1. The van der Waals surface area contributed by atoms with Gasteiger partial charge in [0.15, 0.2) is 0 Å². The number of hydrogen-bond donors (Lipinski definition) is 0. The molecule has 5 nitrogen and oxygen atoms in total. The fourth-order valence-corrected chi connectivity index (χ4v) is 3.65. The zero-order valence-corrected chi connectivity index (χ0v) is 15.0. The van der Waals surface area contributed by atoms with E-state index in [4.69, 9.17) is 4.42 Å². The van der Waals surface area contributed by atoms with E-state index in [1.54, 1.807) is 11.6 Å². The maximum Gasteiger partial charge on any atom is 0.256 e. The monoisotopic (exact) mass is 337 g/mol. The molecule has 0 saturated heterocycles. The summed E-state index contributed by atoms with van der Waals surface area (Å²) in [7, 11) is 1.80. The van der Waals surface area contributed by atoms with Crippen LogP contribution in [0.25, 0.3) is 11.0 Å². The first-order chi connectivity index (χ1) is 12.0. The molecule has 1 aliphatic rings. The van der Waals surface area contributed by atoms with Crippen molar-refractivity contribution < 1.29 is 4.42 Å². The molecule has 130 valence electrons. The Morgan fingerprint density at radius 2 is 1.92 bits per heavy atom. The van der Waals surface area contributed by atoms with E-state index in [0.29, 0.717) is 0 Å². The predicted molar refractivity (Wildman–Crippen MR) is 97.9 cm³/mol. The quantitative estimate of drug-likeness (QED) is 0.721. The van der Waals surface area contributed by atoms with Crippen molar-refractivity contribution in [2.75, 3.05) is 13.1 Å². The SMILES string of the molecule is Cc1c(CN2CCc3nc(C)n(C)c(=O)c3CC2)oc2ccccc12. The van der Waals surface area contributed by atoms with Gasteiger partial charge >= 0.3 is 0 Å². The fraction of sp³-hybridized carbons (Fsp3) is 0.400. The van der Waals surface area contributed by atoms with Gasteiger partial charge in [0, 0.05) is 37.5 Å². The van der Waals surface area contributed by atoms with Gasteiger partial charge in [0.2, 0.25) is 0 Å². The van der Waals surface area contributed by atoms with Gasteiger partial charge in [-0.2, -0.15) is 0 Å². The maximum atomic E-state index is 12.5. The molecule has 4 rings (SSSR count). The molecule has 0 unspecified atom stereocenters. The molecule has 0 spiro atoms. The van der Waals surface area contributed by atoms with Crippen molar-refractivity contribution in [2.24, 2.45) is 7.05 Å². The van der Waals surface area contributed by atoms with Crippen LogP contribution in [-0.4, -0.2) is 27.5 Å². The van der Waals surface area contributed by atoms with Crippen LogP contribution in [0.1, 0.15) is 28.4 Å². The third-order valence-electron chi connectivity index (χ3n) is 5.35. The van der Waals surface area contributed by atoms with Gasteiger partial charge in [-0.1, -0.05) is 18.2 Å². The number of nitrogens with zero attached hydrogens (tertiary/aromatic N) is 3. The summed E-state index contributed by atoms with van der Waals surface area (Å²) in [6.07, 6.45) is 1.56. The minimum Gasteiger partial charge on any atom is -0.459 e. The third kappa shape index (κ3) is 2.78. The van der Waals surface area contributed by atoms with Gasteiger partial charge in [-0.05, 0) is 31.9 Å². The number of aromatic nitrogens is 2. The summed E-state index contributed by atoms with van der Waals surface area (Å²) in [6.45, 7) is 6.52. The van der Waals surface area contributed by atoms with Gasteiger partial charge in [0.25, 0.3) is 5.56 Å². The molecule has 0 saturated carbocycles. The summed E-state index contributed by atoms with van der Waals surface area (Å²) in [5.41, 5.74) is 4.09. The lowest BCUT2D eigenvalue weighted by molar-refractivity contribution is 0.256. The van der Waals surface area contributed by atoms with Gasteiger partial charge in [0.05, 0.1) is 12.2 Å². The van der Waals surface area contributed by atoms with Crippen LogP contribution in [0, 0.1) is 13.8 Å². The maximum absolute atomic E-state index is 12.5. The lowest BCUT2D eigenvalue weighted by Gasteiger charge is -2.18. The van der Waals surface area contributed by atoms with E-state index in [9.17, 15) is 4.79 Å². The molecule has 3 aromatic rings. The third-order valence-corrected chi connectivity index (χ3v) is 5.35. The Bertz CT molecular complexity index is 1000. The molecule has 1 aromatic carbocycles. The fourth-order valence-electron chi connectivity index (χ4n) is 3.65. The van der Waals surface area contributed by atoms with Crippen molar-refractivity contribution in [2.45, 2.75) is 33.2 Å². The van der Waals surface area contributed by atoms with Crippen molar-refractivity contribution in [3.63, 3.8) is 0 Å². The summed E-state index contributed by atoms with van der Waals surface area (Å²) in [6, 6.07) is 8.16. The second-order valence-corrected chi connectivity index (χ2v) is 6.87. The van der Waals surface area contributed by atoms with E-state index >= 15 is 0 Å². The molecule has 5 heteroatoms. The van der Waals surface area contributed by atoms with Crippen LogP contribution in [0.5, 0.6) is 0 Å². The molecular formula is C20H23N3O2. The molecule has 0 N–H and O–H groups in total. The van der Waals surface area contributed by atoms with Crippen LogP contribution in [0.2, 0.25) is 0 Å². The van der Waals surface area contributed by atoms with Gasteiger partial charge in [-0.15, -0.1) is 0 Å². The Kier molecular flexibility index (Phi) is 3.96. The van der Waals surface area contributed by atoms with Crippen molar-refractivity contribution in [3.05, 3.63) is 63.0 Å². The molecule has 0 fully saturated rings. The first-order valence-electron chi connectivity index (χ1n) is 8.79. The van der Waals surface area contributed by atoms with Crippen LogP contribution >= 0.6 is 0 Å². The molecule has 0 aliphatic carbocycles. The number of furan rings is 1. The Hall–Kier alpha value is -2.40. The van der Waals surface area contributed by atoms with Gasteiger partial charge < -0.3 is 4.42 Å². The number of para-hydroxylation sites is 1. The first-order valence-corrected chi connectivity index (χ1v) is 8.79. The summed E-state index contributed by atoms with van der Waals surface area (Å²) in [5.74, 6) is 1.80. The highest BCUT2D eigenvalue weighted by Crippen LogP contribution is 2.26. The Balaban J connectivity index is 1.58. The normalized spacial score (nSPS) is 15.3. The molecule has 25 heavy (non-hydrogen) atoms. The van der Waals surface area contributed by atoms with Crippen molar-refractivity contribution in [3.8, 4) is 0 Å². The zero-order chi connectivity index (χ0) is 17.6. The number of benzene rings is 1. The van der Waals surface area contributed by atoms with E-state index in [1.165, 1.54) is 10.9 Å². The highest BCUT2D eigenvalue weighted by atomic mass is 16.3. The van der Waals surface area contributed by atoms with Crippen LogP contribution in [0.4, 0.5) is 0 Å². The van der Waals surface area contributed by atoms with Gasteiger partial charge in [-0.3, -0.25) is 14.3 Å². The van der Waals surface area contributed by atoms with Crippen molar-refractivity contribution in [1.29, 1.82) is 0 Å². The van der Waals surface area contributed by atoms with Crippen LogP contribution in [0.15, 0.2) is 33.5 Å². The Labute approximate surface area is 146 Å². The summed E-state index contributed by atoms with van der Waals surface area (Å²) in [5, 5.41) is 1.18. The highest BCUT2D eigenvalue weighted by molar-refractivity contribution is 5.81. The molecule has 0 radical (unpaired) electrons. The van der Waals surface area contributed by atoms with E-state index in [0.717, 1.165) is 60.9 Å². The van der Waals surface area contributed by atoms with Gasteiger partial charge in [0.1, 0.15) is 17.2 Å². The number of hydrogen-bond acceptors (Lipinski definition) is 4. The highest BCUT2D eigenvalue weighted by Gasteiger charge is 2.21. The molecule has 3 heterocycles. The second kappa shape index (κ2) is 6.15. The average molecular weight is 337 g/mol. The number of aryl methyl sites for hydroxylation is 2. The average Bonchev–Trinajstić information content (AvgIpc) is 2.78. The molecule has 2 aromatic heterocycles. The van der Waals surface area contributed by atoms with Crippen molar-refractivity contribution in [1.82, 2.24) is 14.5 Å². The standard InChI is InChI=1S/C20H23N3O2/c1-13-15-6-4-5-7-18(15)25-19(13)12-23-10-8-16-17(9-11-23)21-14(2)22(3)20(16)24/h4-7H,8-12H2,1-3H3. The van der Waals surface area contributed by atoms with Gasteiger partial charge in [-0.25, -0.2) is 4.98 Å². The minimum absolute atomic E-state index is 0.101. The van der Waals surface area contributed by atoms with E-state index in [2.05, 4.69) is 22.9 Å². The van der Waals surface area contributed by atoms with Crippen LogP contribution in [-0.2, 0) is 26.4 Å². The number of fused-ring (bicyclic) bond motifs is 2. The van der Waals surface area contributed by atoms with E-state index < -0.39 is 0 Å². The molecule has 0 bridgehead atoms. The summed E-state index contributed by atoms with van der Waals surface area (Å²) in [4.78, 5) is 19.5. The first kappa shape index (κ1) is 16.1. The van der Waals surface area contributed by atoms with E-state index in [1.807, 2.05) is 25.1 Å². The summed E-state index contributed by atoms with van der Waals surface area (Å²) >= 11 is 0. The smallest absolute Gasteiger partial charge is 0.256 e. The molecule has 0 atom stereocenters. The Morgan fingerprint density at radius 1 is 1.16 bits per heavy atom. The molecular weight excluding hydrogens is 314 g/mol. The van der Waals surface area contributed by atoms with Crippen LogP contribution in [0.3, 0.4) is 0 Å². The molecule has 0 amide bonds. The second-order valence-electron chi connectivity index (χ2n) is 6.87. The number of rotatable bonds is 2. The molecule has 1 aliphatic heterocycles.